The Morgan fingerprint density at radius 1 is 1.39 bits per heavy atom. The first kappa shape index (κ1) is 21.8. The third kappa shape index (κ3) is 4.84. The molecule has 1 saturated heterocycles. The first-order valence-corrected chi connectivity index (χ1v) is 8.75. The van der Waals surface area contributed by atoms with E-state index in [1.807, 2.05) is 0 Å². The number of ether oxygens (including phenoxy) is 2. The molecule has 1 aliphatic rings. The second-order valence-electron chi connectivity index (χ2n) is 6.15. The number of amides is 1. The van der Waals surface area contributed by atoms with Gasteiger partial charge in [0.15, 0.2) is 6.23 Å². The Labute approximate surface area is 159 Å². The molecule has 4 atom stereocenters. The number of nitrogens with one attached hydrogen (secondary N) is 1. The number of nitrogens with two attached hydrogens (primary N) is 1. The van der Waals surface area contributed by atoms with Crippen LogP contribution in [0.15, 0.2) is 11.0 Å². The van der Waals surface area contributed by atoms with Gasteiger partial charge < -0.3 is 35.8 Å². The van der Waals surface area contributed by atoms with Crippen molar-refractivity contribution in [3.63, 3.8) is 0 Å². The monoisotopic (exact) mass is 400 g/mol. The summed E-state index contributed by atoms with van der Waals surface area (Å²) in [5.41, 5.74) is 4.48. The number of esters is 1. The van der Waals surface area contributed by atoms with Crippen LogP contribution in [-0.4, -0.2) is 74.8 Å². The standard InChI is InChI=1S/C16H24N4O8/c1-2-10(22)18-4-3-5-27-15(25)8-6-20(16(26)19-13(8)17)14-12(24)11(23)9(7-21)28-14/h6,9,11-12,14,21,23-24H,2-5,7H2,1H3,(H,18,22)(H2,17,19,26)/t9-,11-,12-,14?/m1/s1. The van der Waals surface area contributed by atoms with Gasteiger partial charge in [-0.25, -0.2) is 9.59 Å². The number of nitrogen functional groups attached to an aromatic ring is 1. The lowest BCUT2D eigenvalue weighted by Crippen LogP contribution is -2.36. The average Bonchev–Trinajstić information content (AvgIpc) is 2.95. The molecule has 2 rings (SSSR count). The van der Waals surface area contributed by atoms with Crippen LogP contribution < -0.4 is 16.7 Å². The fraction of sp³-hybridized carbons (Fsp3) is 0.625. The van der Waals surface area contributed by atoms with Crippen molar-refractivity contribution in [1.82, 2.24) is 14.9 Å². The Bertz CT molecular complexity index is 768. The Kier molecular flexibility index (Phi) is 7.45. The highest BCUT2D eigenvalue weighted by Gasteiger charge is 2.44. The number of aliphatic hydroxyl groups is 3. The van der Waals surface area contributed by atoms with E-state index in [0.29, 0.717) is 19.4 Å². The second kappa shape index (κ2) is 9.59. The van der Waals surface area contributed by atoms with Gasteiger partial charge in [-0.05, 0) is 6.42 Å². The number of hydrogen-bond acceptors (Lipinski definition) is 10. The summed E-state index contributed by atoms with van der Waals surface area (Å²) in [4.78, 5) is 39.0. The molecule has 28 heavy (non-hydrogen) atoms. The summed E-state index contributed by atoms with van der Waals surface area (Å²) in [6, 6.07) is 0. The molecular formula is C16H24N4O8. The van der Waals surface area contributed by atoms with Crippen molar-refractivity contribution in [3.8, 4) is 0 Å². The Morgan fingerprint density at radius 2 is 2.11 bits per heavy atom. The molecule has 1 unspecified atom stereocenters. The zero-order valence-corrected chi connectivity index (χ0v) is 15.3. The second-order valence-corrected chi connectivity index (χ2v) is 6.15. The number of carbonyl (C=O) groups excluding carboxylic acids is 2. The number of rotatable bonds is 8. The van der Waals surface area contributed by atoms with Gasteiger partial charge in [-0.1, -0.05) is 6.92 Å². The summed E-state index contributed by atoms with van der Waals surface area (Å²) < 4.78 is 11.1. The van der Waals surface area contributed by atoms with Gasteiger partial charge in [0.1, 0.15) is 29.7 Å². The molecule has 1 aliphatic heterocycles. The molecule has 6 N–H and O–H groups in total. The fourth-order valence-corrected chi connectivity index (χ4v) is 2.60. The highest BCUT2D eigenvalue weighted by Crippen LogP contribution is 2.28. The van der Waals surface area contributed by atoms with Gasteiger partial charge in [-0.2, -0.15) is 4.98 Å². The number of carbonyl (C=O) groups is 2. The first-order valence-electron chi connectivity index (χ1n) is 8.75. The van der Waals surface area contributed by atoms with E-state index in [0.717, 1.165) is 10.8 Å². The normalized spacial score (nSPS) is 24.1. The number of anilines is 1. The number of aromatic nitrogens is 2. The molecule has 0 spiro atoms. The zero-order valence-electron chi connectivity index (χ0n) is 15.3. The predicted molar refractivity (Wildman–Crippen MR) is 94.1 cm³/mol. The van der Waals surface area contributed by atoms with E-state index in [2.05, 4.69) is 10.3 Å². The lowest BCUT2D eigenvalue weighted by molar-refractivity contribution is -0.120. The minimum absolute atomic E-state index is 0.00471. The first-order chi connectivity index (χ1) is 13.3. The van der Waals surface area contributed by atoms with Crippen molar-refractivity contribution >= 4 is 17.7 Å². The van der Waals surface area contributed by atoms with Crippen molar-refractivity contribution < 1.29 is 34.4 Å². The number of nitrogens with zero attached hydrogens (tertiary/aromatic N) is 2. The maximum atomic E-state index is 12.2. The maximum Gasteiger partial charge on any atom is 0.351 e. The summed E-state index contributed by atoms with van der Waals surface area (Å²) in [6.07, 6.45) is -3.66. The van der Waals surface area contributed by atoms with Crippen LogP contribution in [0, 0.1) is 0 Å². The van der Waals surface area contributed by atoms with Crippen molar-refractivity contribution in [2.45, 2.75) is 44.3 Å². The summed E-state index contributed by atoms with van der Waals surface area (Å²) in [6.45, 7) is 1.47. The summed E-state index contributed by atoms with van der Waals surface area (Å²) in [5.74, 6) is -1.34. The molecule has 0 aromatic carbocycles. The molecule has 1 amide bonds. The van der Waals surface area contributed by atoms with Crippen LogP contribution in [0.5, 0.6) is 0 Å². The lowest BCUT2D eigenvalue weighted by Gasteiger charge is -2.18. The van der Waals surface area contributed by atoms with Crippen molar-refractivity contribution in [1.29, 1.82) is 0 Å². The van der Waals surface area contributed by atoms with Gasteiger partial charge >= 0.3 is 11.7 Å². The van der Waals surface area contributed by atoms with Crippen LogP contribution in [0.2, 0.25) is 0 Å². The Morgan fingerprint density at radius 3 is 2.71 bits per heavy atom. The molecule has 12 nitrogen and oxygen atoms in total. The van der Waals surface area contributed by atoms with Crippen molar-refractivity contribution in [2.75, 3.05) is 25.5 Å². The minimum atomic E-state index is -1.52. The smallest absolute Gasteiger partial charge is 0.351 e. The number of hydrogen-bond donors (Lipinski definition) is 5. The third-order valence-corrected chi connectivity index (χ3v) is 4.19. The van der Waals surface area contributed by atoms with Gasteiger partial charge in [0.25, 0.3) is 0 Å². The molecule has 0 bridgehead atoms. The van der Waals surface area contributed by atoms with E-state index in [4.69, 9.17) is 20.3 Å². The molecule has 1 aromatic rings. The minimum Gasteiger partial charge on any atom is -0.462 e. The summed E-state index contributed by atoms with van der Waals surface area (Å²) in [7, 11) is 0. The van der Waals surface area contributed by atoms with E-state index < -0.39 is 42.8 Å². The largest absolute Gasteiger partial charge is 0.462 e. The number of aliphatic hydroxyl groups excluding tert-OH is 3. The fourth-order valence-electron chi connectivity index (χ4n) is 2.60. The molecule has 1 fully saturated rings. The highest BCUT2D eigenvalue weighted by molar-refractivity contribution is 5.93. The van der Waals surface area contributed by atoms with Gasteiger partial charge in [-0.15, -0.1) is 0 Å². The predicted octanol–water partition coefficient (Wildman–Crippen LogP) is -2.49. The Hall–Kier alpha value is -2.54. The van der Waals surface area contributed by atoms with Crippen LogP contribution >= 0.6 is 0 Å². The van der Waals surface area contributed by atoms with Crippen LogP contribution in [0.25, 0.3) is 0 Å². The quantitative estimate of drug-likeness (QED) is 0.231. The van der Waals surface area contributed by atoms with E-state index in [-0.39, 0.29) is 23.9 Å². The van der Waals surface area contributed by atoms with Crippen molar-refractivity contribution in [3.05, 3.63) is 22.2 Å². The van der Waals surface area contributed by atoms with Crippen LogP contribution in [0.4, 0.5) is 5.82 Å². The molecule has 1 aromatic heterocycles. The van der Waals surface area contributed by atoms with E-state index >= 15 is 0 Å². The summed E-state index contributed by atoms with van der Waals surface area (Å²) >= 11 is 0. The molecule has 2 heterocycles. The van der Waals surface area contributed by atoms with Crippen LogP contribution in [0.1, 0.15) is 36.4 Å². The Balaban J connectivity index is 2.07. The topological polar surface area (TPSA) is 186 Å². The zero-order chi connectivity index (χ0) is 20.8. The third-order valence-electron chi connectivity index (χ3n) is 4.19. The SMILES string of the molecule is CCC(=O)NCCCOC(=O)c1cn(C2O[C@H](CO)[C@@H](O)[C@H]2O)c(=O)nc1N. The van der Waals surface area contributed by atoms with E-state index in [9.17, 15) is 24.6 Å². The molecule has 0 aliphatic carbocycles. The lowest BCUT2D eigenvalue weighted by atomic mass is 10.1. The average molecular weight is 400 g/mol. The van der Waals surface area contributed by atoms with Crippen molar-refractivity contribution in [2.24, 2.45) is 0 Å². The van der Waals surface area contributed by atoms with Crippen LogP contribution in [-0.2, 0) is 14.3 Å². The van der Waals surface area contributed by atoms with E-state index in [1.165, 1.54) is 0 Å². The maximum absolute atomic E-state index is 12.2. The molecule has 156 valence electrons. The molecule has 12 heteroatoms. The van der Waals surface area contributed by atoms with Gasteiger partial charge in [0.05, 0.1) is 13.2 Å². The van der Waals surface area contributed by atoms with Gasteiger partial charge in [0.2, 0.25) is 5.91 Å². The summed E-state index contributed by atoms with van der Waals surface area (Å²) in [5, 5.41) is 31.6. The van der Waals surface area contributed by atoms with Gasteiger partial charge in [0, 0.05) is 19.2 Å². The molecule has 0 saturated carbocycles. The van der Waals surface area contributed by atoms with E-state index in [1.54, 1.807) is 6.92 Å². The van der Waals surface area contributed by atoms with Gasteiger partial charge in [-0.3, -0.25) is 9.36 Å². The highest BCUT2D eigenvalue weighted by atomic mass is 16.6. The molecule has 0 radical (unpaired) electrons. The molecular weight excluding hydrogens is 376 g/mol. The van der Waals surface area contributed by atoms with Crippen LogP contribution in [0.3, 0.4) is 0 Å².